The molecule has 2 rings (SSSR count). The van der Waals surface area contributed by atoms with E-state index in [4.69, 9.17) is 0 Å². The van der Waals surface area contributed by atoms with Gasteiger partial charge >= 0.3 is 6.18 Å². The zero-order valence-corrected chi connectivity index (χ0v) is 13.9. The van der Waals surface area contributed by atoms with Gasteiger partial charge < -0.3 is 15.2 Å². The first-order valence-electron chi connectivity index (χ1n) is 7.25. The molecule has 10 heteroatoms. The Morgan fingerprint density at radius 1 is 1.38 bits per heavy atom. The highest BCUT2D eigenvalue weighted by Crippen LogP contribution is 2.24. The Hall–Kier alpha value is -1.58. The number of aromatic nitrogens is 1. The average molecular weight is 369 g/mol. The smallest absolute Gasteiger partial charge is 0.350 e. The van der Waals surface area contributed by atoms with E-state index >= 15 is 0 Å². The molecule has 0 saturated carbocycles. The molecular formula is C14H20ClF3N4O2. The van der Waals surface area contributed by atoms with Gasteiger partial charge in [-0.05, 0) is 6.07 Å². The lowest BCUT2D eigenvalue weighted by Crippen LogP contribution is -2.57. The first-order chi connectivity index (χ1) is 10.8. The summed E-state index contributed by atoms with van der Waals surface area (Å²) in [6.07, 6.45) is -3.04. The minimum Gasteiger partial charge on any atom is -0.350 e. The molecule has 24 heavy (non-hydrogen) atoms. The Kier molecular flexibility index (Phi) is 7.25. The molecule has 1 amide bonds. The molecule has 0 aliphatic carbocycles. The monoisotopic (exact) mass is 368 g/mol. The normalized spacial score (nSPS) is 17.0. The summed E-state index contributed by atoms with van der Waals surface area (Å²) in [5, 5.41) is 5.27. The van der Waals surface area contributed by atoms with E-state index in [2.05, 4.69) is 10.6 Å². The van der Waals surface area contributed by atoms with Crippen molar-refractivity contribution in [3.8, 4) is 0 Å². The number of carbonyl (C=O) groups excluding carboxylic acids is 1. The molecule has 1 fully saturated rings. The van der Waals surface area contributed by atoms with Gasteiger partial charge in [-0.2, -0.15) is 13.2 Å². The van der Waals surface area contributed by atoms with Gasteiger partial charge in [-0.25, -0.2) is 0 Å². The van der Waals surface area contributed by atoms with E-state index < -0.39 is 30.2 Å². The summed E-state index contributed by atoms with van der Waals surface area (Å²) in [4.78, 5) is 24.7. The predicted molar refractivity (Wildman–Crippen MR) is 85.5 cm³/mol. The second kappa shape index (κ2) is 8.50. The van der Waals surface area contributed by atoms with Gasteiger partial charge in [0.1, 0.15) is 6.04 Å². The van der Waals surface area contributed by atoms with E-state index in [0.717, 1.165) is 6.07 Å². The van der Waals surface area contributed by atoms with Crippen LogP contribution < -0.4 is 16.2 Å². The van der Waals surface area contributed by atoms with Crippen LogP contribution in [0.15, 0.2) is 23.1 Å². The maximum Gasteiger partial charge on any atom is 0.405 e. The number of rotatable bonds is 4. The van der Waals surface area contributed by atoms with Crippen molar-refractivity contribution in [1.82, 2.24) is 20.1 Å². The first kappa shape index (κ1) is 20.5. The molecule has 136 valence electrons. The van der Waals surface area contributed by atoms with E-state index in [9.17, 15) is 22.8 Å². The lowest BCUT2D eigenvalue weighted by atomic mass is 10.2. The van der Waals surface area contributed by atoms with Gasteiger partial charge in [-0.1, -0.05) is 0 Å². The molecule has 0 aromatic carbocycles. The number of hydrogen-bond acceptors (Lipinski definition) is 4. The van der Waals surface area contributed by atoms with Crippen molar-refractivity contribution in [2.75, 3.05) is 32.7 Å². The van der Waals surface area contributed by atoms with Gasteiger partial charge in [-0.3, -0.25) is 14.5 Å². The van der Waals surface area contributed by atoms with Crippen molar-refractivity contribution in [2.45, 2.75) is 12.2 Å². The van der Waals surface area contributed by atoms with E-state index in [1.165, 1.54) is 28.8 Å². The van der Waals surface area contributed by atoms with E-state index in [1.54, 1.807) is 0 Å². The number of carbonyl (C=O) groups is 1. The summed E-state index contributed by atoms with van der Waals surface area (Å²) in [5.74, 6) is -0.688. The van der Waals surface area contributed by atoms with Crippen molar-refractivity contribution < 1.29 is 18.0 Å². The number of alkyl halides is 3. The molecule has 6 nitrogen and oxygen atoms in total. The Morgan fingerprint density at radius 3 is 2.54 bits per heavy atom. The van der Waals surface area contributed by atoms with Crippen LogP contribution in [-0.2, 0) is 7.05 Å². The molecule has 0 radical (unpaired) electrons. The molecule has 1 aliphatic heterocycles. The molecule has 1 unspecified atom stereocenters. The highest BCUT2D eigenvalue weighted by atomic mass is 35.5. The molecule has 1 aromatic heterocycles. The van der Waals surface area contributed by atoms with Crippen LogP contribution in [0.3, 0.4) is 0 Å². The highest BCUT2D eigenvalue weighted by Gasteiger charge is 2.43. The van der Waals surface area contributed by atoms with E-state index in [1.807, 2.05) is 0 Å². The highest BCUT2D eigenvalue weighted by molar-refractivity contribution is 5.93. The maximum atomic E-state index is 13.2. The standard InChI is InChI=1S/C14H19F3N4O2.ClH/c1-20-5-2-10(8-12(20)22)13(23)19-9-11(14(15,16)17)21-6-3-18-4-7-21;/h2,5,8,11,18H,3-4,6-7,9H2,1H3,(H,19,23);1H. The Balaban J connectivity index is 0.00000288. The number of halogens is 4. The zero-order valence-electron chi connectivity index (χ0n) is 13.1. The third kappa shape index (κ3) is 5.22. The first-order valence-corrected chi connectivity index (χ1v) is 7.25. The summed E-state index contributed by atoms with van der Waals surface area (Å²) in [6.45, 7) is 0.958. The van der Waals surface area contributed by atoms with Gasteiger partial charge in [0.15, 0.2) is 0 Å². The van der Waals surface area contributed by atoms with Gasteiger partial charge in [0.2, 0.25) is 0 Å². The van der Waals surface area contributed by atoms with Crippen molar-refractivity contribution in [3.05, 3.63) is 34.2 Å². The van der Waals surface area contributed by atoms with Crippen LogP contribution in [0.4, 0.5) is 13.2 Å². The SMILES string of the molecule is Cl.Cn1ccc(C(=O)NCC(N2CCNCC2)C(F)(F)F)cc1=O. The van der Waals surface area contributed by atoms with Crippen LogP contribution in [0.1, 0.15) is 10.4 Å². The number of aryl methyl sites for hydroxylation is 1. The van der Waals surface area contributed by atoms with Crippen molar-refractivity contribution in [2.24, 2.45) is 7.05 Å². The van der Waals surface area contributed by atoms with Crippen LogP contribution in [0.25, 0.3) is 0 Å². The van der Waals surface area contributed by atoms with Gasteiger partial charge in [-0.15, -0.1) is 12.4 Å². The number of amides is 1. The van der Waals surface area contributed by atoms with Crippen LogP contribution in [-0.4, -0.2) is 60.3 Å². The fourth-order valence-electron chi connectivity index (χ4n) is 2.43. The molecule has 1 aromatic rings. The molecular weight excluding hydrogens is 349 g/mol. The van der Waals surface area contributed by atoms with Crippen LogP contribution in [0.5, 0.6) is 0 Å². The second-order valence-electron chi connectivity index (χ2n) is 5.42. The number of piperazine rings is 1. The lowest BCUT2D eigenvalue weighted by Gasteiger charge is -2.35. The lowest BCUT2D eigenvalue weighted by molar-refractivity contribution is -0.183. The second-order valence-corrected chi connectivity index (χ2v) is 5.42. The largest absolute Gasteiger partial charge is 0.405 e. The average Bonchev–Trinajstić information content (AvgIpc) is 2.49. The number of nitrogens with one attached hydrogen (secondary N) is 2. The van der Waals surface area contributed by atoms with E-state index in [0.29, 0.717) is 13.1 Å². The number of nitrogens with zero attached hydrogens (tertiary/aromatic N) is 2. The van der Waals surface area contributed by atoms with Crippen LogP contribution in [0.2, 0.25) is 0 Å². The molecule has 0 bridgehead atoms. The topological polar surface area (TPSA) is 66.4 Å². The fourth-order valence-corrected chi connectivity index (χ4v) is 2.43. The van der Waals surface area contributed by atoms with Gasteiger partial charge in [0.25, 0.3) is 11.5 Å². The third-order valence-corrected chi connectivity index (χ3v) is 3.79. The number of hydrogen-bond donors (Lipinski definition) is 2. The van der Waals surface area contributed by atoms with Crippen molar-refractivity contribution in [1.29, 1.82) is 0 Å². The molecule has 1 saturated heterocycles. The molecule has 2 heterocycles. The summed E-state index contributed by atoms with van der Waals surface area (Å²) in [7, 11) is 1.52. The third-order valence-electron chi connectivity index (χ3n) is 3.79. The molecule has 2 N–H and O–H groups in total. The Morgan fingerprint density at radius 2 is 2.00 bits per heavy atom. The van der Waals surface area contributed by atoms with Crippen LogP contribution >= 0.6 is 12.4 Å². The number of pyridine rings is 1. The maximum absolute atomic E-state index is 13.2. The Labute approximate surface area is 143 Å². The van der Waals surface area contributed by atoms with Gasteiger partial charge in [0, 0.05) is 57.6 Å². The van der Waals surface area contributed by atoms with E-state index in [-0.39, 0.29) is 31.1 Å². The zero-order chi connectivity index (χ0) is 17.0. The molecule has 1 aliphatic rings. The summed E-state index contributed by atoms with van der Waals surface area (Å²) in [5.41, 5.74) is -0.346. The summed E-state index contributed by atoms with van der Waals surface area (Å²) in [6, 6.07) is 0.757. The summed E-state index contributed by atoms with van der Waals surface area (Å²) >= 11 is 0. The molecule has 1 atom stereocenters. The predicted octanol–water partition coefficient (Wildman–Crippen LogP) is 0.373. The minimum atomic E-state index is -4.43. The summed E-state index contributed by atoms with van der Waals surface area (Å²) < 4.78 is 40.9. The van der Waals surface area contributed by atoms with Gasteiger partial charge in [0.05, 0.1) is 0 Å². The van der Waals surface area contributed by atoms with Crippen LogP contribution in [0, 0.1) is 0 Å². The minimum absolute atomic E-state index is 0. The quantitative estimate of drug-likeness (QED) is 0.806. The van der Waals surface area contributed by atoms with Crippen molar-refractivity contribution in [3.63, 3.8) is 0 Å². The Bertz CT molecular complexity index is 615. The molecule has 0 spiro atoms. The fraction of sp³-hybridized carbons (Fsp3) is 0.571. The van der Waals surface area contributed by atoms with Crippen molar-refractivity contribution >= 4 is 18.3 Å².